The van der Waals surface area contributed by atoms with Crippen molar-refractivity contribution in [2.75, 3.05) is 4.90 Å². The Morgan fingerprint density at radius 3 is 1.49 bits per heavy atom. The first-order valence-corrected chi connectivity index (χ1v) is 24.4. The van der Waals surface area contributed by atoms with Crippen molar-refractivity contribution in [3.05, 3.63) is 273 Å². The van der Waals surface area contributed by atoms with Gasteiger partial charge in [-0.3, -0.25) is 0 Å². The first-order valence-electron chi connectivity index (χ1n) is 24.4. The van der Waals surface area contributed by atoms with E-state index in [0.717, 1.165) is 56.3 Å². The van der Waals surface area contributed by atoms with Crippen LogP contribution < -0.4 is 4.90 Å². The van der Waals surface area contributed by atoms with Crippen LogP contribution in [0.3, 0.4) is 0 Å². The highest BCUT2D eigenvalue weighted by molar-refractivity contribution is 6.25. The van der Waals surface area contributed by atoms with E-state index in [4.69, 9.17) is 0 Å². The van der Waals surface area contributed by atoms with E-state index in [2.05, 4.69) is 287 Å². The van der Waals surface area contributed by atoms with Gasteiger partial charge < -0.3 is 14.0 Å². The molecule has 2 aromatic heterocycles. The molecule has 0 radical (unpaired) electrons. The summed E-state index contributed by atoms with van der Waals surface area (Å²) < 4.78 is 4.91. The van der Waals surface area contributed by atoms with Crippen LogP contribution >= 0.6 is 0 Å². The number of anilines is 3. The Kier molecular flexibility index (Phi) is 9.53. The zero-order valence-corrected chi connectivity index (χ0v) is 38.8. The topological polar surface area (TPSA) is 13.1 Å². The minimum Gasteiger partial charge on any atom is -0.310 e. The molecular weight excluding hydrogens is 859 g/mol. The summed E-state index contributed by atoms with van der Waals surface area (Å²) in [5.41, 5.74) is 17.3. The second kappa shape index (κ2) is 16.7. The largest absolute Gasteiger partial charge is 0.310 e. The van der Waals surface area contributed by atoms with Gasteiger partial charge in [0.2, 0.25) is 0 Å². The Hall–Kier alpha value is -9.44. The Labute approximate surface area is 412 Å². The maximum Gasteiger partial charge on any atom is 0.0625 e. The molecule has 3 heteroatoms. The van der Waals surface area contributed by atoms with Crippen molar-refractivity contribution in [3.8, 4) is 44.8 Å². The van der Waals surface area contributed by atoms with E-state index in [1.54, 1.807) is 0 Å². The molecule has 0 aliphatic heterocycles. The summed E-state index contributed by atoms with van der Waals surface area (Å²) in [4.78, 5) is 2.35. The van der Waals surface area contributed by atoms with Crippen LogP contribution in [0.15, 0.2) is 273 Å². The van der Waals surface area contributed by atoms with E-state index in [9.17, 15) is 0 Å². The van der Waals surface area contributed by atoms with Crippen LogP contribution in [0.25, 0.3) is 110 Å². The van der Waals surface area contributed by atoms with Crippen molar-refractivity contribution >= 4 is 82.2 Å². The van der Waals surface area contributed by atoms with Gasteiger partial charge in [-0.1, -0.05) is 170 Å². The number of hydrogen-bond donors (Lipinski definition) is 0. The van der Waals surface area contributed by atoms with Gasteiger partial charge in [-0.2, -0.15) is 0 Å². The molecule has 332 valence electrons. The average molecular weight is 904 g/mol. The van der Waals surface area contributed by atoms with Crippen LogP contribution in [0.2, 0.25) is 0 Å². The molecule has 0 amide bonds. The van der Waals surface area contributed by atoms with Crippen LogP contribution in [-0.2, 0) is 0 Å². The molecule has 0 atom stereocenters. The predicted molar refractivity (Wildman–Crippen MR) is 301 cm³/mol. The number of benzene rings is 12. The number of rotatable bonds is 8. The third kappa shape index (κ3) is 6.74. The Morgan fingerprint density at radius 1 is 0.254 bits per heavy atom. The van der Waals surface area contributed by atoms with Gasteiger partial charge in [0, 0.05) is 55.4 Å². The van der Waals surface area contributed by atoms with Crippen LogP contribution in [-0.4, -0.2) is 9.13 Å². The summed E-state index contributed by atoms with van der Waals surface area (Å²) in [5, 5.41) is 9.90. The molecular formula is C68H45N3. The van der Waals surface area contributed by atoms with Crippen molar-refractivity contribution in [3.63, 3.8) is 0 Å². The standard InChI is InChI=1S/C68H45N3/c1-5-23-53(24-6-1)69(54-25-7-2-8-26-54)57-31-19-22-47(43-57)50-40-51(48-36-38-61-65(45-48)70(55-27-9-3-10-28-55)64-39-37-46-20-13-15-32-58(46)66(61)64)42-52(41-50)62-44-49-21-14-16-33-59(49)68-67(62)60-34-17-18-35-63(60)71(68)56-29-11-4-12-30-56/h1-45H. The van der Waals surface area contributed by atoms with Crippen molar-refractivity contribution in [1.29, 1.82) is 0 Å². The average Bonchev–Trinajstić information content (AvgIpc) is 3.98. The fraction of sp³-hybridized carbons (Fsp3) is 0. The van der Waals surface area contributed by atoms with Gasteiger partial charge in [0.05, 0.1) is 22.1 Å². The van der Waals surface area contributed by atoms with Gasteiger partial charge in [-0.25, -0.2) is 0 Å². The smallest absolute Gasteiger partial charge is 0.0625 e. The first kappa shape index (κ1) is 40.6. The fourth-order valence-electron chi connectivity index (χ4n) is 11.3. The second-order valence-corrected chi connectivity index (χ2v) is 18.5. The van der Waals surface area contributed by atoms with Gasteiger partial charge in [-0.15, -0.1) is 0 Å². The number of para-hydroxylation sites is 5. The van der Waals surface area contributed by atoms with E-state index in [1.807, 2.05) is 0 Å². The highest BCUT2D eigenvalue weighted by atomic mass is 15.1. The Balaban J connectivity index is 1.06. The minimum atomic E-state index is 1.09. The van der Waals surface area contributed by atoms with Crippen molar-refractivity contribution < 1.29 is 0 Å². The molecule has 14 rings (SSSR count). The number of nitrogens with zero attached hydrogens (tertiary/aromatic N) is 3. The molecule has 0 saturated heterocycles. The van der Waals surface area contributed by atoms with E-state index in [0.29, 0.717) is 0 Å². The monoisotopic (exact) mass is 903 g/mol. The predicted octanol–water partition coefficient (Wildman–Crippen LogP) is 18.7. The zero-order valence-electron chi connectivity index (χ0n) is 38.8. The zero-order chi connectivity index (χ0) is 46.8. The third-order valence-electron chi connectivity index (χ3n) is 14.4. The SMILES string of the molecule is c1ccc(N(c2ccccc2)c2cccc(-c3cc(-c4ccc5c6c7ccccc7ccc6n(-c6ccccc6)c5c4)cc(-c4cc5ccccc5c5c4c4ccccc4n5-c4ccccc4)c3)c2)cc1. The lowest BCUT2D eigenvalue weighted by Crippen LogP contribution is -2.09. The molecule has 12 aromatic carbocycles. The quantitative estimate of drug-likeness (QED) is 0.148. The molecule has 14 aromatic rings. The number of hydrogen-bond acceptors (Lipinski definition) is 1. The fourth-order valence-corrected chi connectivity index (χ4v) is 11.3. The molecule has 0 aliphatic rings. The van der Waals surface area contributed by atoms with Crippen LogP contribution in [0.5, 0.6) is 0 Å². The summed E-state index contributed by atoms with van der Waals surface area (Å²) >= 11 is 0. The van der Waals surface area contributed by atoms with E-state index in [1.165, 1.54) is 70.7 Å². The van der Waals surface area contributed by atoms with Crippen molar-refractivity contribution in [2.24, 2.45) is 0 Å². The lowest BCUT2D eigenvalue weighted by Gasteiger charge is -2.26. The van der Waals surface area contributed by atoms with E-state index in [-0.39, 0.29) is 0 Å². The van der Waals surface area contributed by atoms with Gasteiger partial charge in [0.15, 0.2) is 0 Å². The maximum atomic E-state index is 2.46. The molecule has 0 fully saturated rings. The summed E-state index contributed by atoms with van der Waals surface area (Å²) in [6.07, 6.45) is 0. The van der Waals surface area contributed by atoms with Crippen LogP contribution in [0.1, 0.15) is 0 Å². The van der Waals surface area contributed by atoms with E-state index >= 15 is 0 Å². The minimum absolute atomic E-state index is 1.09. The lowest BCUT2D eigenvalue weighted by atomic mass is 9.89. The second-order valence-electron chi connectivity index (χ2n) is 18.5. The van der Waals surface area contributed by atoms with Crippen LogP contribution in [0, 0.1) is 0 Å². The summed E-state index contributed by atoms with van der Waals surface area (Å²) in [6.45, 7) is 0. The molecule has 0 spiro atoms. The molecule has 0 saturated carbocycles. The molecule has 2 heterocycles. The summed E-state index contributed by atoms with van der Waals surface area (Å²) in [5.74, 6) is 0. The van der Waals surface area contributed by atoms with Crippen LogP contribution in [0.4, 0.5) is 17.1 Å². The normalized spacial score (nSPS) is 11.7. The third-order valence-corrected chi connectivity index (χ3v) is 14.4. The van der Waals surface area contributed by atoms with Gasteiger partial charge in [0.25, 0.3) is 0 Å². The van der Waals surface area contributed by atoms with Gasteiger partial charge in [-0.05, 0) is 153 Å². The highest BCUT2D eigenvalue weighted by Gasteiger charge is 2.22. The molecule has 71 heavy (non-hydrogen) atoms. The molecule has 0 bridgehead atoms. The maximum absolute atomic E-state index is 2.46. The van der Waals surface area contributed by atoms with Gasteiger partial charge in [0.1, 0.15) is 0 Å². The van der Waals surface area contributed by atoms with Crippen molar-refractivity contribution in [2.45, 2.75) is 0 Å². The first-order chi connectivity index (χ1) is 35.2. The van der Waals surface area contributed by atoms with Crippen molar-refractivity contribution in [1.82, 2.24) is 9.13 Å². The Morgan fingerprint density at radius 2 is 0.789 bits per heavy atom. The Bertz CT molecular complexity index is 4280. The summed E-state index contributed by atoms with van der Waals surface area (Å²) in [6, 6.07) is 99.9. The number of fused-ring (bicyclic) bond motifs is 10. The van der Waals surface area contributed by atoms with Gasteiger partial charge >= 0.3 is 0 Å². The number of aromatic nitrogens is 2. The highest BCUT2D eigenvalue weighted by Crippen LogP contribution is 2.46. The molecule has 3 nitrogen and oxygen atoms in total. The molecule has 0 aliphatic carbocycles. The molecule has 0 unspecified atom stereocenters. The van der Waals surface area contributed by atoms with E-state index < -0.39 is 0 Å². The molecule has 0 N–H and O–H groups in total. The summed E-state index contributed by atoms with van der Waals surface area (Å²) in [7, 11) is 0. The lowest BCUT2D eigenvalue weighted by molar-refractivity contribution is 1.18.